The van der Waals surface area contributed by atoms with Gasteiger partial charge < -0.3 is 5.32 Å². The molecule has 0 aliphatic rings. The fourth-order valence-corrected chi connectivity index (χ4v) is 1.38. The molecular formula is C13H13N3O. The molecule has 0 bridgehead atoms. The maximum Gasteiger partial charge on any atom is 0.258 e. The van der Waals surface area contributed by atoms with Gasteiger partial charge in [0.2, 0.25) is 0 Å². The van der Waals surface area contributed by atoms with Gasteiger partial charge in [-0.2, -0.15) is 0 Å². The first-order valence-corrected chi connectivity index (χ1v) is 5.47. The number of hydrogen-bond acceptors (Lipinski definition) is 3. The van der Waals surface area contributed by atoms with Gasteiger partial charge in [0.15, 0.2) is 0 Å². The summed E-state index contributed by atoms with van der Waals surface area (Å²) in [5, 5.41) is 2.78. The summed E-state index contributed by atoms with van der Waals surface area (Å²) in [6.45, 7) is 1.97. The molecule has 0 aliphatic heterocycles. The number of anilines is 1. The van der Waals surface area contributed by atoms with Crippen molar-refractivity contribution in [2.24, 2.45) is 0 Å². The Bertz CT molecular complexity index is 494. The highest BCUT2D eigenvalue weighted by molar-refractivity contribution is 6.03. The summed E-state index contributed by atoms with van der Waals surface area (Å²) in [5.41, 5.74) is 1.23. The van der Waals surface area contributed by atoms with E-state index in [9.17, 15) is 4.79 Å². The van der Waals surface area contributed by atoms with E-state index >= 15 is 0 Å². The smallest absolute Gasteiger partial charge is 0.258 e. The second-order valence-electron chi connectivity index (χ2n) is 3.56. The van der Waals surface area contributed by atoms with Gasteiger partial charge in [0, 0.05) is 24.5 Å². The maximum atomic E-state index is 11.8. The molecule has 0 radical (unpaired) electrons. The first-order valence-electron chi connectivity index (χ1n) is 5.47. The normalized spacial score (nSPS) is 9.94. The van der Waals surface area contributed by atoms with Crippen LogP contribution in [0.2, 0.25) is 0 Å². The van der Waals surface area contributed by atoms with Gasteiger partial charge in [-0.15, -0.1) is 0 Å². The van der Waals surface area contributed by atoms with Gasteiger partial charge in [0.05, 0.1) is 5.56 Å². The van der Waals surface area contributed by atoms with Crippen molar-refractivity contribution in [2.45, 2.75) is 13.3 Å². The summed E-state index contributed by atoms with van der Waals surface area (Å²) in [7, 11) is 0. The van der Waals surface area contributed by atoms with Crippen molar-refractivity contribution in [1.29, 1.82) is 0 Å². The van der Waals surface area contributed by atoms with Crippen molar-refractivity contribution in [3.63, 3.8) is 0 Å². The Hall–Kier alpha value is -2.23. The van der Waals surface area contributed by atoms with Crippen LogP contribution in [0.5, 0.6) is 0 Å². The van der Waals surface area contributed by atoms with E-state index in [2.05, 4.69) is 15.3 Å². The summed E-state index contributed by atoms with van der Waals surface area (Å²) in [5.74, 6) is 0.542. The van der Waals surface area contributed by atoms with Crippen molar-refractivity contribution < 1.29 is 4.79 Å². The van der Waals surface area contributed by atoms with Crippen LogP contribution in [0, 0.1) is 0 Å². The van der Waals surface area contributed by atoms with E-state index in [0.29, 0.717) is 5.56 Å². The Morgan fingerprint density at radius 2 is 1.82 bits per heavy atom. The number of benzene rings is 1. The van der Waals surface area contributed by atoms with Crippen LogP contribution < -0.4 is 5.32 Å². The Morgan fingerprint density at radius 3 is 2.41 bits per heavy atom. The predicted octanol–water partition coefficient (Wildman–Crippen LogP) is 2.29. The van der Waals surface area contributed by atoms with Crippen LogP contribution in [0.1, 0.15) is 23.1 Å². The van der Waals surface area contributed by atoms with E-state index in [1.165, 1.54) is 0 Å². The van der Waals surface area contributed by atoms with E-state index < -0.39 is 0 Å². The molecule has 0 saturated carbocycles. The molecule has 0 saturated heterocycles. The van der Waals surface area contributed by atoms with Crippen LogP contribution in [0.3, 0.4) is 0 Å². The topological polar surface area (TPSA) is 54.9 Å². The zero-order valence-electron chi connectivity index (χ0n) is 9.55. The van der Waals surface area contributed by atoms with Crippen molar-refractivity contribution in [2.75, 3.05) is 5.32 Å². The number of para-hydroxylation sites is 1. The summed E-state index contributed by atoms with van der Waals surface area (Å²) in [6, 6.07) is 9.30. The Balaban J connectivity index is 2.09. The van der Waals surface area contributed by atoms with Crippen LogP contribution in [-0.4, -0.2) is 15.9 Å². The van der Waals surface area contributed by atoms with Crippen molar-refractivity contribution in [3.8, 4) is 0 Å². The molecule has 1 heterocycles. The summed E-state index contributed by atoms with van der Waals surface area (Å²) >= 11 is 0. The Kier molecular flexibility index (Phi) is 3.45. The molecular weight excluding hydrogens is 214 g/mol. The molecule has 4 heteroatoms. The van der Waals surface area contributed by atoms with Gasteiger partial charge in [-0.3, -0.25) is 4.79 Å². The fourth-order valence-electron chi connectivity index (χ4n) is 1.38. The lowest BCUT2D eigenvalue weighted by atomic mass is 10.2. The third-order valence-electron chi connectivity index (χ3n) is 2.32. The lowest BCUT2D eigenvalue weighted by Gasteiger charge is -2.04. The molecule has 0 atom stereocenters. The van der Waals surface area contributed by atoms with E-state index in [-0.39, 0.29) is 5.91 Å². The highest BCUT2D eigenvalue weighted by Crippen LogP contribution is 2.07. The monoisotopic (exact) mass is 227 g/mol. The Labute approximate surface area is 99.7 Å². The third-order valence-corrected chi connectivity index (χ3v) is 2.32. The lowest BCUT2D eigenvalue weighted by molar-refractivity contribution is 0.102. The SMILES string of the molecule is CCc1ncc(C(=O)Nc2ccccc2)cn1. The van der Waals surface area contributed by atoms with E-state index in [1.54, 1.807) is 12.4 Å². The zero-order valence-corrected chi connectivity index (χ0v) is 9.55. The standard InChI is InChI=1S/C13H13N3O/c1-2-12-14-8-10(9-15-12)13(17)16-11-6-4-3-5-7-11/h3-9H,2H2,1H3,(H,16,17). The first-order chi connectivity index (χ1) is 8.29. The molecule has 1 amide bonds. The number of carbonyl (C=O) groups is 1. The summed E-state index contributed by atoms with van der Waals surface area (Å²) < 4.78 is 0. The molecule has 17 heavy (non-hydrogen) atoms. The Morgan fingerprint density at radius 1 is 1.18 bits per heavy atom. The van der Waals surface area contributed by atoms with Crippen LogP contribution >= 0.6 is 0 Å². The number of nitrogens with zero attached hydrogens (tertiary/aromatic N) is 2. The molecule has 2 aromatic rings. The molecule has 1 N–H and O–H groups in total. The molecule has 2 rings (SSSR count). The highest BCUT2D eigenvalue weighted by atomic mass is 16.1. The largest absolute Gasteiger partial charge is 0.322 e. The zero-order chi connectivity index (χ0) is 12.1. The maximum absolute atomic E-state index is 11.8. The van der Waals surface area contributed by atoms with E-state index in [1.807, 2.05) is 37.3 Å². The fraction of sp³-hybridized carbons (Fsp3) is 0.154. The summed E-state index contributed by atoms with van der Waals surface area (Å²) in [6.07, 6.45) is 3.86. The van der Waals surface area contributed by atoms with Crippen molar-refractivity contribution >= 4 is 11.6 Å². The summed E-state index contributed by atoms with van der Waals surface area (Å²) in [4.78, 5) is 20.0. The van der Waals surface area contributed by atoms with Crippen LogP contribution in [-0.2, 0) is 6.42 Å². The second-order valence-corrected chi connectivity index (χ2v) is 3.56. The average molecular weight is 227 g/mol. The third kappa shape index (κ3) is 2.87. The van der Waals surface area contributed by atoms with Crippen molar-refractivity contribution in [1.82, 2.24) is 9.97 Å². The van der Waals surface area contributed by atoms with Crippen LogP contribution in [0.15, 0.2) is 42.7 Å². The number of amides is 1. The second kappa shape index (κ2) is 5.21. The molecule has 1 aromatic carbocycles. The first kappa shape index (κ1) is 11.3. The minimum Gasteiger partial charge on any atom is -0.322 e. The number of aryl methyl sites for hydroxylation is 1. The number of nitrogens with one attached hydrogen (secondary N) is 1. The van der Waals surface area contributed by atoms with Gasteiger partial charge in [-0.1, -0.05) is 25.1 Å². The minimum absolute atomic E-state index is 0.196. The minimum atomic E-state index is -0.196. The quantitative estimate of drug-likeness (QED) is 0.875. The van der Waals surface area contributed by atoms with E-state index in [0.717, 1.165) is 17.9 Å². The molecule has 86 valence electrons. The highest BCUT2D eigenvalue weighted by Gasteiger charge is 2.06. The number of hydrogen-bond donors (Lipinski definition) is 1. The van der Waals surface area contributed by atoms with E-state index in [4.69, 9.17) is 0 Å². The van der Waals surface area contributed by atoms with Gasteiger partial charge in [-0.25, -0.2) is 9.97 Å². The average Bonchev–Trinajstić information content (AvgIpc) is 2.40. The lowest BCUT2D eigenvalue weighted by Crippen LogP contribution is -2.13. The van der Waals surface area contributed by atoms with Gasteiger partial charge in [0.25, 0.3) is 5.91 Å². The molecule has 0 spiro atoms. The predicted molar refractivity (Wildman–Crippen MR) is 65.8 cm³/mol. The van der Waals surface area contributed by atoms with Crippen molar-refractivity contribution in [3.05, 3.63) is 54.1 Å². The molecule has 4 nitrogen and oxygen atoms in total. The molecule has 0 unspecified atom stereocenters. The van der Waals surface area contributed by atoms with Gasteiger partial charge in [-0.05, 0) is 12.1 Å². The van der Waals surface area contributed by atoms with Gasteiger partial charge in [0.1, 0.15) is 5.82 Å². The van der Waals surface area contributed by atoms with Gasteiger partial charge >= 0.3 is 0 Å². The van der Waals surface area contributed by atoms with Crippen LogP contribution in [0.25, 0.3) is 0 Å². The molecule has 0 fully saturated rings. The molecule has 1 aromatic heterocycles. The van der Waals surface area contributed by atoms with Crippen LogP contribution in [0.4, 0.5) is 5.69 Å². The molecule has 0 aliphatic carbocycles. The number of aromatic nitrogens is 2. The number of carbonyl (C=O) groups excluding carboxylic acids is 1. The number of rotatable bonds is 3.